The van der Waals surface area contributed by atoms with Crippen LogP contribution in [0.4, 0.5) is 0 Å². The summed E-state index contributed by atoms with van der Waals surface area (Å²) in [5.41, 5.74) is 0. The molecule has 2 aliphatic rings. The van der Waals surface area contributed by atoms with E-state index in [1.807, 2.05) is 0 Å². The van der Waals surface area contributed by atoms with Crippen LogP contribution in [0.3, 0.4) is 0 Å². The second-order valence-electron chi connectivity index (χ2n) is 5.62. The van der Waals surface area contributed by atoms with Crippen LogP contribution in [0.5, 0.6) is 0 Å². The van der Waals surface area contributed by atoms with Gasteiger partial charge in [-0.15, -0.1) is 0 Å². The van der Waals surface area contributed by atoms with Crippen LogP contribution in [0.2, 0.25) is 0 Å². The lowest BCUT2D eigenvalue weighted by atomic mass is 9.87. The Labute approximate surface area is 104 Å². The summed E-state index contributed by atoms with van der Waals surface area (Å²) in [6.45, 7) is 2.92. The van der Waals surface area contributed by atoms with Crippen LogP contribution >= 0.6 is 0 Å². The summed E-state index contributed by atoms with van der Waals surface area (Å²) < 4.78 is 5.59. The highest BCUT2D eigenvalue weighted by Crippen LogP contribution is 2.26. The van der Waals surface area contributed by atoms with E-state index in [4.69, 9.17) is 4.74 Å². The first kappa shape index (κ1) is 12.9. The van der Waals surface area contributed by atoms with Crippen molar-refractivity contribution in [3.63, 3.8) is 0 Å². The standard InChI is InChI=1S/C14H25NO2/c1-11(13-8-5-9-17-13)15-14(16)10-12-6-3-2-4-7-12/h11-13H,2-10H2,1H3,(H,15,16). The molecule has 2 fully saturated rings. The van der Waals surface area contributed by atoms with Crippen molar-refractivity contribution in [3.05, 3.63) is 0 Å². The maximum atomic E-state index is 11.9. The topological polar surface area (TPSA) is 38.3 Å². The van der Waals surface area contributed by atoms with E-state index < -0.39 is 0 Å². The number of ether oxygens (including phenoxy) is 1. The van der Waals surface area contributed by atoms with Gasteiger partial charge in [0.15, 0.2) is 0 Å². The van der Waals surface area contributed by atoms with Gasteiger partial charge in [-0.05, 0) is 38.5 Å². The molecule has 1 heterocycles. The molecule has 2 rings (SSSR count). The molecule has 1 aliphatic carbocycles. The molecule has 0 spiro atoms. The minimum absolute atomic E-state index is 0.175. The highest BCUT2D eigenvalue weighted by Gasteiger charge is 2.24. The first-order chi connectivity index (χ1) is 8.25. The molecule has 0 aromatic heterocycles. The molecule has 0 bridgehead atoms. The van der Waals surface area contributed by atoms with E-state index in [1.165, 1.54) is 32.1 Å². The third-order valence-electron chi connectivity index (χ3n) is 4.11. The van der Waals surface area contributed by atoms with Gasteiger partial charge in [-0.1, -0.05) is 19.3 Å². The second kappa shape index (κ2) is 6.39. The van der Waals surface area contributed by atoms with Gasteiger partial charge >= 0.3 is 0 Å². The Kier molecular flexibility index (Phi) is 4.84. The van der Waals surface area contributed by atoms with Crippen molar-refractivity contribution in [1.29, 1.82) is 0 Å². The minimum Gasteiger partial charge on any atom is -0.376 e. The van der Waals surface area contributed by atoms with E-state index in [2.05, 4.69) is 12.2 Å². The molecule has 17 heavy (non-hydrogen) atoms. The fourth-order valence-corrected chi connectivity index (χ4v) is 3.06. The number of rotatable bonds is 4. The average Bonchev–Trinajstić information content (AvgIpc) is 2.83. The maximum Gasteiger partial charge on any atom is 0.220 e. The zero-order valence-electron chi connectivity index (χ0n) is 10.9. The molecule has 0 aromatic rings. The molecular formula is C14H25NO2. The molecule has 98 valence electrons. The summed E-state index contributed by atoms with van der Waals surface area (Å²) >= 11 is 0. The Hall–Kier alpha value is -0.570. The van der Waals surface area contributed by atoms with Crippen molar-refractivity contribution in [2.24, 2.45) is 5.92 Å². The van der Waals surface area contributed by atoms with Gasteiger partial charge in [-0.2, -0.15) is 0 Å². The Morgan fingerprint density at radius 1 is 1.24 bits per heavy atom. The summed E-state index contributed by atoms with van der Waals surface area (Å²) in [7, 11) is 0. The van der Waals surface area contributed by atoms with E-state index in [0.29, 0.717) is 5.92 Å². The van der Waals surface area contributed by atoms with Gasteiger partial charge in [-0.3, -0.25) is 4.79 Å². The van der Waals surface area contributed by atoms with Crippen molar-refractivity contribution in [1.82, 2.24) is 5.32 Å². The van der Waals surface area contributed by atoms with E-state index in [0.717, 1.165) is 25.9 Å². The quantitative estimate of drug-likeness (QED) is 0.819. The van der Waals surface area contributed by atoms with Gasteiger partial charge in [-0.25, -0.2) is 0 Å². The number of hydrogen-bond donors (Lipinski definition) is 1. The Balaban J connectivity index is 1.68. The van der Waals surface area contributed by atoms with Gasteiger partial charge in [0, 0.05) is 13.0 Å². The first-order valence-electron chi connectivity index (χ1n) is 7.16. The van der Waals surface area contributed by atoms with E-state index in [9.17, 15) is 4.79 Å². The predicted molar refractivity (Wildman–Crippen MR) is 67.8 cm³/mol. The van der Waals surface area contributed by atoms with E-state index in [1.54, 1.807) is 0 Å². The molecule has 1 aliphatic heterocycles. The third-order valence-corrected chi connectivity index (χ3v) is 4.11. The normalized spacial score (nSPS) is 27.9. The number of hydrogen-bond acceptors (Lipinski definition) is 2. The van der Waals surface area contributed by atoms with Crippen molar-refractivity contribution in [3.8, 4) is 0 Å². The highest BCUT2D eigenvalue weighted by atomic mass is 16.5. The van der Waals surface area contributed by atoms with Crippen LogP contribution in [0.15, 0.2) is 0 Å². The SMILES string of the molecule is CC(NC(=O)CC1CCCCC1)C1CCCO1. The fourth-order valence-electron chi connectivity index (χ4n) is 3.06. The molecule has 1 N–H and O–H groups in total. The van der Waals surface area contributed by atoms with Gasteiger partial charge < -0.3 is 10.1 Å². The molecule has 3 heteroatoms. The lowest BCUT2D eigenvalue weighted by Gasteiger charge is -2.24. The van der Waals surface area contributed by atoms with Crippen LogP contribution in [-0.4, -0.2) is 24.7 Å². The smallest absolute Gasteiger partial charge is 0.220 e. The van der Waals surface area contributed by atoms with Crippen LogP contribution in [0.1, 0.15) is 58.3 Å². The van der Waals surface area contributed by atoms with Crippen molar-refractivity contribution >= 4 is 5.91 Å². The van der Waals surface area contributed by atoms with Gasteiger partial charge in [0.05, 0.1) is 12.1 Å². The Morgan fingerprint density at radius 3 is 2.65 bits per heavy atom. The van der Waals surface area contributed by atoms with Crippen molar-refractivity contribution in [2.45, 2.75) is 70.4 Å². The fraction of sp³-hybridized carbons (Fsp3) is 0.929. The summed E-state index contributed by atoms with van der Waals surface area (Å²) in [6, 6.07) is 0.175. The zero-order chi connectivity index (χ0) is 12.1. The summed E-state index contributed by atoms with van der Waals surface area (Å²) in [6.07, 6.45) is 9.62. The van der Waals surface area contributed by atoms with Gasteiger partial charge in [0.25, 0.3) is 0 Å². The molecule has 1 amide bonds. The van der Waals surface area contributed by atoms with Gasteiger partial charge in [0.1, 0.15) is 0 Å². The highest BCUT2D eigenvalue weighted by molar-refractivity contribution is 5.76. The molecule has 1 saturated heterocycles. The number of nitrogens with one attached hydrogen (secondary N) is 1. The lowest BCUT2D eigenvalue weighted by Crippen LogP contribution is -2.41. The summed E-state index contributed by atoms with van der Waals surface area (Å²) in [5.74, 6) is 0.848. The molecule has 3 nitrogen and oxygen atoms in total. The molecule has 0 radical (unpaired) electrons. The lowest BCUT2D eigenvalue weighted by molar-refractivity contribution is -0.123. The van der Waals surface area contributed by atoms with Crippen LogP contribution in [0, 0.1) is 5.92 Å². The van der Waals surface area contributed by atoms with Crippen LogP contribution in [0.25, 0.3) is 0 Å². The Morgan fingerprint density at radius 2 is 2.00 bits per heavy atom. The zero-order valence-corrected chi connectivity index (χ0v) is 10.9. The second-order valence-corrected chi connectivity index (χ2v) is 5.62. The molecule has 2 unspecified atom stereocenters. The minimum atomic E-state index is 0.175. The van der Waals surface area contributed by atoms with Gasteiger partial charge in [0.2, 0.25) is 5.91 Å². The average molecular weight is 239 g/mol. The Bertz CT molecular complexity index is 243. The monoisotopic (exact) mass is 239 g/mol. The molecule has 1 saturated carbocycles. The largest absolute Gasteiger partial charge is 0.376 e. The van der Waals surface area contributed by atoms with Crippen molar-refractivity contribution in [2.75, 3.05) is 6.61 Å². The van der Waals surface area contributed by atoms with Crippen LogP contribution in [-0.2, 0) is 9.53 Å². The molecular weight excluding hydrogens is 214 g/mol. The number of carbonyl (C=O) groups excluding carboxylic acids is 1. The predicted octanol–water partition coefficient (Wildman–Crippen LogP) is 2.64. The number of carbonyl (C=O) groups is 1. The summed E-state index contributed by atoms with van der Waals surface area (Å²) in [4.78, 5) is 11.9. The maximum absolute atomic E-state index is 11.9. The van der Waals surface area contributed by atoms with Crippen LogP contribution < -0.4 is 5.32 Å². The van der Waals surface area contributed by atoms with Crippen molar-refractivity contribution < 1.29 is 9.53 Å². The number of amides is 1. The first-order valence-corrected chi connectivity index (χ1v) is 7.16. The van der Waals surface area contributed by atoms with E-state index in [-0.39, 0.29) is 18.1 Å². The third kappa shape index (κ3) is 3.98. The van der Waals surface area contributed by atoms with E-state index >= 15 is 0 Å². The molecule has 0 aromatic carbocycles. The molecule has 2 atom stereocenters. The summed E-state index contributed by atoms with van der Waals surface area (Å²) in [5, 5.41) is 3.11.